The molecule has 2 aliphatic rings. The molecule has 0 aliphatic carbocycles. The summed E-state index contributed by atoms with van der Waals surface area (Å²) in [6, 6.07) is -0.846. The third-order valence-corrected chi connectivity index (χ3v) is 2.86. The van der Waals surface area contributed by atoms with E-state index >= 15 is 0 Å². The summed E-state index contributed by atoms with van der Waals surface area (Å²) in [5.41, 5.74) is -2.06. The number of carbonyl (C=O) groups is 2. The van der Waals surface area contributed by atoms with E-state index in [4.69, 9.17) is 0 Å². The van der Waals surface area contributed by atoms with Crippen molar-refractivity contribution in [2.75, 3.05) is 13.1 Å². The first-order valence-electron chi connectivity index (χ1n) is 4.70. The van der Waals surface area contributed by atoms with Crippen LogP contribution in [0.4, 0.5) is 13.6 Å². The molecule has 7 heteroatoms. The van der Waals surface area contributed by atoms with Crippen LogP contribution in [0, 0.1) is 0 Å². The topological polar surface area (TPSA) is 70.2 Å². The van der Waals surface area contributed by atoms with Crippen LogP contribution in [0.5, 0.6) is 0 Å². The molecule has 1 atom stereocenters. The molecule has 1 unspecified atom stereocenters. The van der Waals surface area contributed by atoms with Crippen LogP contribution in [-0.4, -0.2) is 36.5 Å². The van der Waals surface area contributed by atoms with E-state index in [-0.39, 0.29) is 19.5 Å². The van der Waals surface area contributed by atoms with Crippen LogP contribution in [0.1, 0.15) is 12.8 Å². The summed E-state index contributed by atoms with van der Waals surface area (Å²) < 4.78 is 27.5. The summed E-state index contributed by atoms with van der Waals surface area (Å²) in [5.74, 6) is -4.14. The number of rotatable bonds is 0. The predicted molar refractivity (Wildman–Crippen MR) is 46.5 cm³/mol. The quantitative estimate of drug-likeness (QED) is 0.485. The highest BCUT2D eigenvalue weighted by Crippen LogP contribution is 2.37. The van der Waals surface area contributed by atoms with Crippen molar-refractivity contribution in [1.29, 1.82) is 0 Å². The summed E-state index contributed by atoms with van der Waals surface area (Å²) in [6.45, 7) is 0.418. The number of nitrogens with one attached hydrogen (secondary N) is 3. The summed E-state index contributed by atoms with van der Waals surface area (Å²) in [5, 5.41) is 6.70. The Kier molecular flexibility index (Phi) is 2.14. The van der Waals surface area contributed by atoms with Crippen LogP contribution in [-0.2, 0) is 4.79 Å². The molecule has 15 heavy (non-hydrogen) atoms. The van der Waals surface area contributed by atoms with E-state index in [0.717, 1.165) is 0 Å². The second kappa shape index (κ2) is 3.13. The Morgan fingerprint density at radius 2 is 1.80 bits per heavy atom. The number of hydrogen-bond acceptors (Lipinski definition) is 3. The van der Waals surface area contributed by atoms with Gasteiger partial charge in [-0.3, -0.25) is 10.1 Å². The second-order valence-corrected chi connectivity index (χ2v) is 3.77. The molecule has 0 aromatic heterocycles. The normalized spacial score (nSPS) is 34.8. The van der Waals surface area contributed by atoms with E-state index < -0.39 is 29.8 Å². The highest BCUT2D eigenvalue weighted by Gasteiger charge is 2.63. The van der Waals surface area contributed by atoms with Gasteiger partial charge in [-0.25, -0.2) is 13.6 Å². The summed E-state index contributed by atoms with van der Waals surface area (Å²) in [7, 11) is 0. The molecule has 84 valence electrons. The molecule has 3 N–H and O–H groups in total. The molecular weight excluding hydrogens is 208 g/mol. The minimum Gasteiger partial charge on any atom is -0.318 e. The third kappa shape index (κ3) is 1.38. The van der Waals surface area contributed by atoms with Gasteiger partial charge in [0.15, 0.2) is 5.54 Å². The first-order chi connectivity index (χ1) is 6.98. The zero-order valence-corrected chi connectivity index (χ0v) is 7.90. The number of urea groups is 1. The molecule has 2 heterocycles. The molecule has 2 rings (SSSR count). The lowest BCUT2D eigenvalue weighted by atomic mass is 9.87. The van der Waals surface area contributed by atoms with Crippen molar-refractivity contribution >= 4 is 11.9 Å². The van der Waals surface area contributed by atoms with Gasteiger partial charge >= 0.3 is 6.03 Å². The molecule has 0 aromatic carbocycles. The molecular formula is C8H11F2N3O2. The van der Waals surface area contributed by atoms with Crippen molar-refractivity contribution in [3.05, 3.63) is 0 Å². The maximum absolute atomic E-state index is 13.7. The lowest BCUT2D eigenvalue weighted by molar-refractivity contribution is -0.142. The number of imide groups is 1. The third-order valence-electron chi connectivity index (χ3n) is 2.86. The smallest absolute Gasteiger partial charge is 0.318 e. The lowest BCUT2D eigenvalue weighted by Crippen LogP contribution is -2.60. The van der Waals surface area contributed by atoms with Crippen molar-refractivity contribution in [3.63, 3.8) is 0 Å². The number of amides is 3. The SMILES string of the molecule is O=C1NC(=O)C2(CCNCCC2(F)F)N1. The lowest BCUT2D eigenvalue weighted by Gasteiger charge is -2.32. The monoisotopic (exact) mass is 219 g/mol. The van der Waals surface area contributed by atoms with Crippen molar-refractivity contribution in [1.82, 2.24) is 16.0 Å². The van der Waals surface area contributed by atoms with Crippen LogP contribution in [0.15, 0.2) is 0 Å². The van der Waals surface area contributed by atoms with Crippen LogP contribution in [0.3, 0.4) is 0 Å². The van der Waals surface area contributed by atoms with Crippen LogP contribution >= 0.6 is 0 Å². The first-order valence-corrected chi connectivity index (χ1v) is 4.70. The summed E-state index contributed by atoms with van der Waals surface area (Å²) in [4.78, 5) is 22.4. The van der Waals surface area contributed by atoms with E-state index in [1.807, 2.05) is 5.32 Å². The van der Waals surface area contributed by atoms with E-state index in [9.17, 15) is 18.4 Å². The molecule has 1 spiro atoms. The van der Waals surface area contributed by atoms with E-state index in [1.165, 1.54) is 0 Å². The van der Waals surface area contributed by atoms with Gasteiger partial charge in [0.05, 0.1) is 0 Å². The van der Waals surface area contributed by atoms with Gasteiger partial charge in [-0.2, -0.15) is 0 Å². The van der Waals surface area contributed by atoms with Crippen molar-refractivity contribution < 1.29 is 18.4 Å². The molecule has 0 aromatic rings. The van der Waals surface area contributed by atoms with Gasteiger partial charge in [-0.15, -0.1) is 0 Å². The average molecular weight is 219 g/mol. The molecule has 0 saturated carbocycles. The first kappa shape index (κ1) is 10.3. The van der Waals surface area contributed by atoms with Crippen molar-refractivity contribution in [3.8, 4) is 0 Å². The Morgan fingerprint density at radius 3 is 2.40 bits per heavy atom. The highest BCUT2D eigenvalue weighted by atomic mass is 19.3. The number of hydrogen-bond donors (Lipinski definition) is 3. The molecule has 2 saturated heterocycles. The fraction of sp³-hybridized carbons (Fsp3) is 0.750. The van der Waals surface area contributed by atoms with Gasteiger partial charge in [-0.1, -0.05) is 0 Å². The maximum Gasteiger partial charge on any atom is 0.322 e. The maximum atomic E-state index is 13.7. The Morgan fingerprint density at radius 1 is 1.13 bits per heavy atom. The van der Waals surface area contributed by atoms with E-state index in [2.05, 4.69) is 10.6 Å². The Labute approximate surface area is 84.6 Å². The zero-order chi connectivity index (χ0) is 11.1. The molecule has 2 fully saturated rings. The van der Waals surface area contributed by atoms with Gasteiger partial charge in [0, 0.05) is 13.0 Å². The standard InChI is InChI=1S/C8H11F2N3O2/c9-8(10)2-4-11-3-1-7(8)5(14)12-6(15)13-7/h11H,1-4H2,(H2,12,13,14,15). The Bertz CT molecular complexity index is 321. The van der Waals surface area contributed by atoms with Gasteiger partial charge in [-0.05, 0) is 13.0 Å². The second-order valence-electron chi connectivity index (χ2n) is 3.77. The number of halogens is 2. The Hall–Kier alpha value is -1.24. The Balaban J connectivity index is 2.37. The number of alkyl halides is 2. The van der Waals surface area contributed by atoms with Crippen LogP contribution in [0.25, 0.3) is 0 Å². The zero-order valence-electron chi connectivity index (χ0n) is 7.90. The molecule has 3 amide bonds. The fourth-order valence-electron chi connectivity index (χ4n) is 1.97. The van der Waals surface area contributed by atoms with Crippen LogP contribution < -0.4 is 16.0 Å². The van der Waals surface area contributed by atoms with E-state index in [1.54, 1.807) is 0 Å². The average Bonchev–Trinajstić information content (AvgIpc) is 2.32. The minimum absolute atomic E-state index is 0.0996. The van der Waals surface area contributed by atoms with Crippen LogP contribution in [0.2, 0.25) is 0 Å². The highest BCUT2D eigenvalue weighted by molar-refractivity contribution is 6.07. The molecule has 0 radical (unpaired) electrons. The fourth-order valence-corrected chi connectivity index (χ4v) is 1.97. The van der Waals surface area contributed by atoms with Gasteiger partial charge < -0.3 is 10.6 Å². The van der Waals surface area contributed by atoms with Gasteiger partial charge in [0.2, 0.25) is 0 Å². The van der Waals surface area contributed by atoms with Crippen molar-refractivity contribution in [2.45, 2.75) is 24.3 Å². The largest absolute Gasteiger partial charge is 0.322 e. The van der Waals surface area contributed by atoms with Gasteiger partial charge in [0.1, 0.15) is 0 Å². The molecule has 5 nitrogen and oxygen atoms in total. The minimum atomic E-state index is -3.22. The van der Waals surface area contributed by atoms with E-state index in [0.29, 0.717) is 0 Å². The predicted octanol–water partition coefficient (Wildman–Crippen LogP) is -0.417. The number of carbonyl (C=O) groups excluding carboxylic acids is 2. The molecule has 2 aliphatic heterocycles. The summed E-state index contributed by atoms with van der Waals surface area (Å²) >= 11 is 0. The molecule has 0 bridgehead atoms. The van der Waals surface area contributed by atoms with Gasteiger partial charge in [0.25, 0.3) is 11.8 Å². The van der Waals surface area contributed by atoms with Crippen molar-refractivity contribution in [2.24, 2.45) is 0 Å². The summed E-state index contributed by atoms with van der Waals surface area (Å²) in [6.07, 6.45) is -0.557.